The standard InChI is InChI=1S/C8H12BrClN2O3S2/c1-4(13)6(11)3-12-17(14,15)7-2-5(10)8(9)16-7/h2,4,6,12-13H,3,11H2,1H3. The van der Waals surface area contributed by atoms with Crippen LogP contribution in [0.4, 0.5) is 0 Å². The summed E-state index contributed by atoms with van der Waals surface area (Å²) in [5.41, 5.74) is 5.53. The maximum atomic E-state index is 11.8. The van der Waals surface area contributed by atoms with Crippen molar-refractivity contribution in [2.24, 2.45) is 5.73 Å². The van der Waals surface area contributed by atoms with Gasteiger partial charge in [-0.25, -0.2) is 13.1 Å². The van der Waals surface area contributed by atoms with Gasteiger partial charge in [-0.1, -0.05) is 11.6 Å². The van der Waals surface area contributed by atoms with Gasteiger partial charge in [-0.15, -0.1) is 11.3 Å². The van der Waals surface area contributed by atoms with Crippen molar-refractivity contribution >= 4 is 48.9 Å². The summed E-state index contributed by atoms with van der Waals surface area (Å²) in [7, 11) is -3.63. The molecular formula is C8H12BrClN2O3S2. The Bertz CT molecular complexity index is 469. The Balaban J connectivity index is 2.76. The first-order valence-electron chi connectivity index (χ1n) is 4.62. The van der Waals surface area contributed by atoms with Crippen molar-refractivity contribution in [3.05, 3.63) is 14.9 Å². The SMILES string of the molecule is CC(O)C(N)CNS(=O)(=O)c1cc(Cl)c(Br)s1. The molecule has 0 aliphatic heterocycles. The van der Waals surface area contributed by atoms with E-state index in [0.717, 1.165) is 11.3 Å². The van der Waals surface area contributed by atoms with Crippen LogP contribution in [0.15, 0.2) is 14.1 Å². The second-order valence-corrected chi connectivity index (χ2v) is 8.21. The van der Waals surface area contributed by atoms with E-state index in [9.17, 15) is 8.42 Å². The normalized spacial score (nSPS) is 15.8. The summed E-state index contributed by atoms with van der Waals surface area (Å²) < 4.78 is 26.6. The van der Waals surface area contributed by atoms with Crippen LogP contribution in [0.2, 0.25) is 5.02 Å². The molecule has 2 atom stereocenters. The smallest absolute Gasteiger partial charge is 0.250 e. The van der Waals surface area contributed by atoms with Crippen LogP contribution in [0.5, 0.6) is 0 Å². The van der Waals surface area contributed by atoms with Crippen molar-refractivity contribution in [3.8, 4) is 0 Å². The van der Waals surface area contributed by atoms with Gasteiger partial charge < -0.3 is 10.8 Å². The molecule has 0 saturated carbocycles. The first-order valence-corrected chi connectivity index (χ1v) is 8.09. The Morgan fingerprint density at radius 3 is 2.71 bits per heavy atom. The number of hydrogen-bond donors (Lipinski definition) is 3. The van der Waals surface area contributed by atoms with E-state index in [1.165, 1.54) is 13.0 Å². The van der Waals surface area contributed by atoms with Gasteiger partial charge in [0.05, 0.1) is 14.9 Å². The van der Waals surface area contributed by atoms with E-state index >= 15 is 0 Å². The van der Waals surface area contributed by atoms with Crippen LogP contribution >= 0.6 is 38.9 Å². The van der Waals surface area contributed by atoms with Crippen LogP contribution < -0.4 is 10.5 Å². The largest absolute Gasteiger partial charge is 0.392 e. The molecule has 98 valence electrons. The van der Waals surface area contributed by atoms with Crippen LogP contribution in [0.3, 0.4) is 0 Å². The Morgan fingerprint density at radius 2 is 2.29 bits per heavy atom. The topological polar surface area (TPSA) is 92.4 Å². The number of rotatable bonds is 5. The first kappa shape index (κ1) is 15.4. The van der Waals surface area contributed by atoms with Gasteiger partial charge in [0.25, 0.3) is 0 Å². The summed E-state index contributed by atoms with van der Waals surface area (Å²) in [6.45, 7) is 1.46. The van der Waals surface area contributed by atoms with Crippen molar-refractivity contribution in [1.82, 2.24) is 4.72 Å². The van der Waals surface area contributed by atoms with Gasteiger partial charge >= 0.3 is 0 Å². The molecule has 0 aliphatic rings. The molecule has 1 aromatic rings. The Kier molecular flexibility index (Phi) is 5.39. The lowest BCUT2D eigenvalue weighted by molar-refractivity contribution is 0.164. The fourth-order valence-electron chi connectivity index (χ4n) is 0.907. The number of thiophene rings is 1. The van der Waals surface area contributed by atoms with Crippen molar-refractivity contribution in [2.45, 2.75) is 23.3 Å². The maximum Gasteiger partial charge on any atom is 0.250 e. The van der Waals surface area contributed by atoms with Crippen molar-refractivity contribution in [3.63, 3.8) is 0 Å². The zero-order valence-electron chi connectivity index (χ0n) is 8.85. The highest BCUT2D eigenvalue weighted by atomic mass is 79.9. The highest BCUT2D eigenvalue weighted by Gasteiger charge is 2.20. The second kappa shape index (κ2) is 5.96. The van der Waals surface area contributed by atoms with Crippen molar-refractivity contribution < 1.29 is 13.5 Å². The first-order chi connectivity index (χ1) is 7.74. The number of aliphatic hydroxyl groups excluding tert-OH is 1. The zero-order valence-corrected chi connectivity index (χ0v) is 12.8. The van der Waals surface area contributed by atoms with E-state index in [1.807, 2.05) is 0 Å². The number of halogens is 2. The van der Waals surface area contributed by atoms with Gasteiger partial charge in [0.15, 0.2) is 0 Å². The monoisotopic (exact) mass is 362 g/mol. The minimum Gasteiger partial charge on any atom is -0.392 e. The minimum atomic E-state index is -3.63. The molecule has 0 aromatic carbocycles. The number of nitrogens with two attached hydrogens (primary N) is 1. The molecule has 0 bridgehead atoms. The molecule has 2 unspecified atom stereocenters. The average molecular weight is 364 g/mol. The van der Waals surface area contributed by atoms with E-state index < -0.39 is 22.2 Å². The van der Waals surface area contributed by atoms with E-state index in [1.54, 1.807) is 0 Å². The van der Waals surface area contributed by atoms with Gasteiger partial charge in [-0.2, -0.15) is 0 Å². The fraction of sp³-hybridized carbons (Fsp3) is 0.500. The predicted octanol–water partition coefficient (Wildman–Crippen LogP) is 1.15. The summed E-state index contributed by atoms with van der Waals surface area (Å²) in [6, 6.07) is 0.704. The minimum absolute atomic E-state index is 0.0346. The third kappa shape index (κ3) is 4.16. The predicted molar refractivity (Wildman–Crippen MR) is 71.9 cm³/mol. The van der Waals surface area contributed by atoms with E-state index in [-0.39, 0.29) is 10.8 Å². The lowest BCUT2D eigenvalue weighted by Crippen LogP contribution is -2.43. The lowest BCUT2D eigenvalue weighted by atomic mass is 10.2. The summed E-state index contributed by atoms with van der Waals surface area (Å²) in [5.74, 6) is 0. The molecule has 9 heteroatoms. The average Bonchev–Trinajstić information content (AvgIpc) is 2.56. The van der Waals surface area contributed by atoms with Crippen molar-refractivity contribution in [1.29, 1.82) is 0 Å². The van der Waals surface area contributed by atoms with Crippen LogP contribution in [0.1, 0.15) is 6.92 Å². The lowest BCUT2D eigenvalue weighted by Gasteiger charge is -2.14. The molecule has 0 amide bonds. The summed E-state index contributed by atoms with van der Waals surface area (Å²) >= 11 is 9.91. The molecule has 0 saturated heterocycles. The quantitative estimate of drug-likeness (QED) is 0.731. The number of aliphatic hydroxyl groups is 1. The number of sulfonamides is 1. The molecule has 17 heavy (non-hydrogen) atoms. The zero-order chi connectivity index (χ0) is 13.2. The summed E-state index contributed by atoms with van der Waals surface area (Å²) in [6.07, 6.45) is -0.781. The highest BCUT2D eigenvalue weighted by molar-refractivity contribution is 9.11. The summed E-state index contributed by atoms with van der Waals surface area (Å²) in [4.78, 5) is 0. The van der Waals surface area contributed by atoms with Gasteiger partial charge in [-0.3, -0.25) is 0 Å². The molecule has 5 nitrogen and oxygen atoms in total. The van der Waals surface area contributed by atoms with E-state index in [2.05, 4.69) is 20.7 Å². The second-order valence-electron chi connectivity index (χ2n) is 3.44. The summed E-state index contributed by atoms with van der Waals surface area (Å²) in [5, 5.41) is 9.49. The number of nitrogens with one attached hydrogen (secondary N) is 1. The molecule has 0 aliphatic carbocycles. The fourth-order valence-corrected chi connectivity index (χ4v) is 4.42. The van der Waals surface area contributed by atoms with Crippen LogP contribution in [-0.4, -0.2) is 32.2 Å². The van der Waals surface area contributed by atoms with Crippen LogP contribution in [0, 0.1) is 0 Å². The van der Waals surface area contributed by atoms with Gasteiger partial charge in [-0.05, 0) is 28.9 Å². The van der Waals surface area contributed by atoms with E-state index in [4.69, 9.17) is 22.4 Å². The highest BCUT2D eigenvalue weighted by Crippen LogP contribution is 2.34. The third-order valence-electron chi connectivity index (χ3n) is 2.02. The number of hydrogen-bond acceptors (Lipinski definition) is 5. The van der Waals surface area contributed by atoms with Gasteiger partial charge in [0.2, 0.25) is 10.0 Å². The molecule has 1 heterocycles. The molecule has 1 rings (SSSR count). The van der Waals surface area contributed by atoms with Gasteiger partial charge in [0.1, 0.15) is 4.21 Å². The van der Waals surface area contributed by atoms with Gasteiger partial charge in [0, 0.05) is 12.6 Å². The third-order valence-corrected chi connectivity index (χ3v) is 6.39. The molecule has 0 spiro atoms. The molecule has 0 radical (unpaired) electrons. The van der Waals surface area contributed by atoms with Crippen LogP contribution in [-0.2, 0) is 10.0 Å². The van der Waals surface area contributed by atoms with Crippen LogP contribution in [0.25, 0.3) is 0 Å². The molecular weight excluding hydrogens is 352 g/mol. The Hall–Kier alpha value is 0.300. The maximum absolute atomic E-state index is 11.8. The molecule has 1 aromatic heterocycles. The Labute approximate surface area is 117 Å². The van der Waals surface area contributed by atoms with E-state index in [0.29, 0.717) is 8.81 Å². The van der Waals surface area contributed by atoms with Crippen molar-refractivity contribution in [2.75, 3.05) is 6.54 Å². The Morgan fingerprint density at radius 1 is 1.71 bits per heavy atom. The molecule has 4 N–H and O–H groups in total. The molecule has 0 fully saturated rings.